The van der Waals surface area contributed by atoms with E-state index in [0.29, 0.717) is 41.9 Å². The zero-order valence-corrected chi connectivity index (χ0v) is 18.9. The first-order valence-corrected chi connectivity index (χ1v) is 10.9. The molecule has 2 rings (SSSR count). The second-order valence-electron chi connectivity index (χ2n) is 7.02. The molecule has 0 radical (unpaired) electrons. The molecule has 0 aliphatic rings. The molecule has 162 valence electrons. The second-order valence-corrected chi connectivity index (χ2v) is 7.89. The lowest BCUT2D eigenvalue weighted by Gasteiger charge is -2.29. The first-order valence-electron chi connectivity index (χ1n) is 10.1. The van der Waals surface area contributed by atoms with Crippen molar-refractivity contribution in [2.75, 3.05) is 13.2 Å². The Kier molecular flexibility index (Phi) is 9.98. The molecule has 5 nitrogen and oxygen atoms in total. The van der Waals surface area contributed by atoms with Gasteiger partial charge < -0.3 is 15.0 Å². The highest BCUT2D eigenvalue weighted by atomic mass is 35.5. The molecule has 0 saturated carbocycles. The summed E-state index contributed by atoms with van der Waals surface area (Å²) in [5, 5.41) is 4.14. The van der Waals surface area contributed by atoms with Gasteiger partial charge >= 0.3 is 0 Å². The molecule has 0 unspecified atom stereocenters. The van der Waals surface area contributed by atoms with Crippen LogP contribution in [0.15, 0.2) is 48.5 Å². The Morgan fingerprint density at radius 2 is 1.63 bits per heavy atom. The van der Waals surface area contributed by atoms with E-state index < -0.39 is 6.04 Å². The third-order valence-corrected chi connectivity index (χ3v) is 5.10. The molecule has 2 aromatic carbocycles. The summed E-state index contributed by atoms with van der Waals surface area (Å²) >= 11 is 11.8. The summed E-state index contributed by atoms with van der Waals surface area (Å²) in [6.45, 7) is 5.07. The fraction of sp³-hybridized carbons (Fsp3) is 0.391. The Bertz CT molecular complexity index is 810. The quantitative estimate of drug-likeness (QED) is 0.484. The summed E-state index contributed by atoms with van der Waals surface area (Å²) in [4.78, 5) is 27.0. The lowest BCUT2D eigenvalue weighted by molar-refractivity contribution is -0.140. The number of carbonyl (C=O) groups is 2. The van der Waals surface area contributed by atoms with Gasteiger partial charge in [0, 0.05) is 29.6 Å². The van der Waals surface area contributed by atoms with Crippen LogP contribution in [0.1, 0.15) is 38.7 Å². The van der Waals surface area contributed by atoms with Crippen molar-refractivity contribution < 1.29 is 14.3 Å². The van der Waals surface area contributed by atoms with Crippen molar-refractivity contribution in [1.82, 2.24) is 10.2 Å². The average Bonchev–Trinajstić information content (AvgIpc) is 2.75. The normalized spacial score (nSPS) is 11.6. The summed E-state index contributed by atoms with van der Waals surface area (Å²) in [6.07, 6.45) is 1.67. The molecular formula is C23H28Cl2N2O3. The molecule has 0 aliphatic carbocycles. The molecule has 1 atom stereocenters. The molecule has 0 bridgehead atoms. The van der Waals surface area contributed by atoms with Crippen LogP contribution in [0.2, 0.25) is 10.0 Å². The summed E-state index contributed by atoms with van der Waals surface area (Å²) in [5.74, 6) is 0.456. The third kappa shape index (κ3) is 7.88. The number of nitrogens with one attached hydrogen (secondary N) is 1. The highest BCUT2D eigenvalue weighted by Crippen LogP contribution is 2.17. The van der Waals surface area contributed by atoms with Crippen LogP contribution in [-0.4, -0.2) is 35.9 Å². The van der Waals surface area contributed by atoms with Gasteiger partial charge in [-0.1, -0.05) is 42.3 Å². The predicted octanol–water partition coefficient (Wildman–Crippen LogP) is 5.10. The van der Waals surface area contributed by atoms with E-state index in [0.717, 1.165) is 12.0 Å². The van der Waals surface area contributed by atoms with Crippen molar-refractivity contribution in [3.05, 3.63) is 64.1 Å². The standard InChI is InChI=1S/C23H28Cl2N2O3/c1-3-14-26-23(29)17(2)27(16-18-6-8-19(24)9-7-18)22(28)5-4-15-30-21-12-10-20(25)11-13-21/h6-13,17H,3-5,14-16H2,1-2H3,(H,26,29)/t17-/m1/s1. The second kappa shape index (κ2) is 12.5. The molecule has 0 aromatic heterocycles. The van der Waals surface area contributed by atoms with Crippen LogP contribution < -0.4 is 10.1 Å². The van der Waals surface area contributed by atoms with Gasteiger partial charge in [0.05, 0.1) is 6.61 Å². The van der Waals surface area contributed by atoms with Gasteiger partial charge in [0.15, 0.2) is 0 Å². The molecule has 0 spiro atoms. The molecule has 0 saturated heterocycles. The van der Waals surface area contributed by atoms with Gasteiger partial charge in [0.2, 0.25) is 11.8 Å². The van der Waals surface area contributed by atoms with Crippen LogP contribution in [0.25, 0.3) is 0 Å². The van der Waals surface area contributed by atoms with Crippen molar-refractivity contribution in [2.24, 2.45) is 0 Å². The van der Waals surface area contributed by atoms with Gasteiger partial charge in [-0.3, -0.25) is 9.59 Å². The molecule has 0 aliphatic heterocycles. The van der Waals surface area contributed by atoms with Gasteiger partial charge in [-0.25, -0.2) is 0 Å². The first kappa shape index (κ1) is 24.0. The number of carbonyl (C=O) groups excluding carboxylic acids is 2. The van der Waals surface area contributed by atoms with Gasteiger partial charge in [-0.05, 0) is 61.7 Å². The van der Waals surface area contributed by atoms with Crippen LogP contribution in [0.4, 0.5) is 0 Å². The van der Waals surface area contributed by atoms with Crippen molar-refractivity contribution in [1.29, 1.82) is 0 Å². The maximum atomic E-state index is 12.9. The highest BCUT2D eigenvalue weighted by Gasteiger charge is 2.25. The summed E-state index contributed by atoms with van der Waals surface area (Å²) in [5.41, 5.74) is 0.917. The molecule has 0 heterocycles. The number of hydrogen-bond acceptors (Lipinski definition) is 3. The maximum absolute atomic E-state index is 12.9. The largest absolute Gasteiger partial charge is 0.494 e. The predicted molar refractivity (Wildman–Crippen MR) is 121 cm³/mol. The van der Waals surface area contributed by atoms with Crippen molar-refractivity contribution >= 4 is 35.0 Å². The van der Waals surface area contributed by atoms with E-state index in [1.165, 1.54) is 0 Å². The van der Waals surface area contributed by atoms with Crippen LogP contribution in [0, 0.1) is 0 Å². The molecule has 7 heteroatoms. The van der Waals surface area contributed by atoms with E-state index in [9.17, 15) is 9.59 Å². The highest BCUT2D eigenvalue weighted by molar-refractivity contribution is 6.30. The van der Waals surface area contributed by atoms with Crippen LogP contribution in [-0.2, 0) is 16.1 Å². The first-order chi connectivity index (χ1) is 14.4. The molecule has 2 aromatic rings. The number of hydrogen-bond donors (Lipinski definition) is 1. The SMILES string of the molecule is CCCNC(=O)[C@@H](C)N(Cc1ccc(Cl)cc1)C(=O)CCCOc1ccc(Cl)cc1. The lowest BCUT2D eigenvalue weighted by Crippen LogP contribution is -2.47. The van der Waals surface area contributed by atoms with Crippen molar-refractivity contribution in [2.45, 2.75) is 45.7 Å². The molecule has 2 amide bonds. The van der Waals surface area contributed by atoms with E-state index in [2.05, 4.69) is 5.32 Å². The Labute approximate surface area is 188 Å². The average molecular weight is 451 g/mol. The third-order valence-electron chi connectivity index (χ3n) is 4.60. The molecule has 30 heavy (non-hydrogen) atoms. The lowest BCUT2D eigenvalue weighted by atomic mass is 10.1. The molecule has 0 fully saturated rings. The van der Waals surface area contributed by atoms with Gasteiger partial charge in [0.1, 0.15) is 11.8 Å². The van der Waals surface area contributed by atoms with E-state index in [1.807, 2.05) is 19.1 Å². The minimum atomic E-state index is -0.572. The van der Waals surface area contributed by atoms with Gasteiger partial charge in [-0.2, -0.15) is 0 Å². The van der Waals surface area contributed by atoms with Gasteiger partial charge in [-0.15, -0.1) is 0 Å². The van der Waals surface area contributed by atoms with E-state index in [1.54, 1.807) is 48.2 Å². The molecule has 1 N–H and O–H groups in total. The minimum absolute atomic E-state index is 0.0937. The maximum Gasteiger partial charge on any atom is 0.242 e. The smallest absolute Gasteiger partial charge is 0.242 e. The molecular weight excluding hydrogens is 423 g/mol. The van der Waals surface area contributed by atoms with Crippen LogP contribution in [0.3, 0.4) is 0 Å². The fourth-order valence-corrected chi connectivity index (χ4v) is 3.10. The monoisotopic (exact) mass is 450 g/mol. The Morgan fingerprint density at radius 1 is 1.03 bits per heavy atom. The Hall–Kier alpha value is -2.24. The summed E-state index contributed by atoms with van der Waals surface area (Å²) in [7, 11) is 0. The summed E-state index contributed by atoms with van der Waals surface area (Å²) < 4.78 is 5.66. The van der Waals surface area contributed by atoms with Crippen molar-refractivity contribution in [3.63, 3.8) is 0 Å². The topological polar surface area (TPSA) is 58.6 Å². The number of benzene rings is 2. The zero-order chi connectivity index (χ0) is 21.9. The number of rotatable bonds is 11. The van der Waals surface area contributed by atoms with Crippen LogP contribution >= 0.6 is 23.2 Å². The number of nitrogens with zero attached hydrogens (tertiary/aromatic N) is 1. The van der Waals surface area contributed by atoms with E-state index in [4.69, 9.17) is 27.9 Å². The van der Waals surface area contributed by atoms with Crippen molar-refractivity contribution in [3.8, 4) is 5.75 Å². The van der Waals surface area contributed by atoms with E-state index in [-0.39, 0.29) is 18.2 Å². The van der Waals surface area contributed by atoms with E-state index >= 15 is 0 Å². The summed E-state index contributed by atoms with van der Waals surface area (Å²) in [6, 6.07) is 13.8. The number of halogens is 2. The zero-order valence-electron chi connectivity index (χ0n) is 17.4. The van der Waals surface area contributed by atoms with Gasteiger partial charge in [0.25, 0.3) is 0 Å². The number of amides is 2. The van der Waals surface area contributed by atoms with Crippen LogP contribution in [0.5, 0.6) is 5.75 Å². The Morgan fingerprint density at radius 3 is 2.23 bits per heavy atom. The number of ether oxygens (including phenoxy) is 1. The Balaban J connectivity index is 1.96. The fourth-order valence-electron chi connectivity index (χ4n) is 2.85. The minimum Gasteiger partial charge on any atom is -0.494 e.